The molecule has 2 unspecified atom stereocenters. The first-order chi connectivity index (χ1) is 7.24. The molecule has 0 spiro atoms. The Labute approximate surface area is 97.8 Å². The van der Waals surface area contributed by atoms with Gasteiger partial charge in [0.25, 0.3) is 0 Å². The minimum absolute atomic E-state index is 0.955. The van der Waals surface area contributed by atoms with Crippen LogP contribution in [0.25, 0.3) is 0 Å². The summed E-state index contributed by atoms with van der Waals surface area (Å²) in [4.78, 5) is 0. The molecule has 92 valence electrons. The molecule has 0 saturated carbocycles. The Morgan fingerprint density at radius 2 is 1.33 bits per heavy atom. The van der Waals surface area contributed by atoms with E-state index in [0.29, 0.717) is 0 Å². The van der Waals surface area contributed by atoms with Gasteiger partial charge >= 0.3 is 0 Å². The molecule has 0 fully saturated rings. The topological polar surface area (TPSA) is 0 Å². The predicted molar refractivity (Wildman–Crippen MR) is 71.2 cm³/mol. The molecule has 0 aliphatic rings. The molecule has 0 aliphatic heterocycles. The number of hydrogen-bond acceptors (Lipinski definition) is 0. The van der Waals surface area contributed by atoms with Gasteiger partial charge in [0.15, 0.2) is 0 Å². The highest BCUT2D eigenvalue weighted by atomic mass is 14.2. The van der Waals surface area contributed by atoms with Crippen molar-refractivity contribution in [2.24, 2.45) is 11.8 Å². The van der Waals surface area contributed by atoms with Gasteiger partial charge in [-0.2, -0.15) is 0 Å². The molecule has 0 aromatic carbocycles. The van der Waals surface area contributed by atoms with Crippen LogP contribution < -0.4 is 0 Å². The summed E-state index contributed by atoms with van der Waals surface area (Å²) in [5.41, 5.74) is 0. The van der Waals surface area contributed by atoms with Crippen LogP contribution in [0.3, 0.4) is 0 Å². The fourth-order valence-corrected chi connectivity index (χ4v) is 2.49. The molecule has 0 nitrogen and oxygen atoms in total. The summed E-state index contributed by atoms with van der Waals surface area (Å²) >= 11 is 0. The fourth-order valence-electron chi connectivity index (χ4n) is 2.49. The molecule has 0 N–H and O–H groups in total. The average molecular weight is 212 g/mol. The number of unbranched alkanes of at least 4 members (excludes halogenated alkanes) is 1. The first-order valence-electron chi connectivity index (χ1n) is 7.24. The zero-order valence-electron chi connectivity index (χ0n) is 11.5. The Balaban J connectivity index is 3.63. The lowest BCUT2D eigenvalue weighted by Crippen LogP contribution is -2.04. The fraction of sp³-hybridized carbons (Fsp3) is 1.00. The van der Waals surface area contributed by atoms with E-state index in [1.165, 1.54) is 57.8 Å². The van der Waals surface area contributed by atoms with Crippen molar-refractivity contribution in [3.05, 3.63) is 0 Å². The van der Waals surface area contributed by atoms with Crippen LogP contribution in [-0.2, 0) is 0 Å². The lowest BCUT2D eigenvalue weighted by atomic mass is 9.88. The molecule has 15 heavy (non-hydrogen) atoms. The lowest BCUT2D eigenvalue weighted by Gasteiger charge is -2.18. The standard InChI is InChI=1S/C15H32/c1-5-8-11-15(10-7-3)13-12-14(4)9-6-2/h14-15H,5-13H2,1-4H3. The van der Waals surface area contributed by atoms with E-state index in [1.54, 1.807) is 0 Å². The van der Waals surface area contributed by atoms with Crippen LogP contribution in [0, 0.1) is 11.8 Å². The van der Waals surface area contributed by atoms with Crippen LogP contribution in [0.4, 0.5) is 0 Å². The molecule has 0 saturated heterocycles. The van der Waals surface area contributed by atoms with E-state index < -0.39 is 0 Å². The molecule has 0 radical (unpaired) electrons. The Morgan fingerprint density at radius 1 is 0.667 bits per heavy atom. The Hall–Kier alpha value is 0. The van der Waals surface area contributed by atoms with Gasteiger partial charge in [0.1, 0.15) is 0 Å². The van der Waals surface area contributed by atoms with Gasteiger partial charge in [-0.15, -0.1) is 0 Å². The molecule has 0 aromatic heterocycles. The Kier molecular flexibility index (Phi) is 10.5. The van der Waals surface area contributed by atoms with Crippen molar-refractivity contribution in [1.82, 2.24) is 0 Å². The van der Waals surface area contributed by atoms with Gasteiger partial charge in [-0.1, -0.05) is 85.5 Å². The summed E-state index contributed by atoms with van der Waals surface area (Å²) in [7, 11) is 0. The second kappa shape index (κ2) is 10.5. The van der Waals surface area contributed by atoms with Crippen LogP contribution in [-0.4, -0.2) is 0 Å². The molecule has 0 amide bonds. The van der Waals surface area contributed by atoms with Gasteiger partial charge in [0, 0.05) is 0 Å². The quantitative estimate of drug-likeness (QED) is 0.429. The third-order valence-corrected chi connectivity index (χ3v) is 3.51. The normalized spacial score (nSPS) is 15.2. The molecule has 0 aromatic rings. The smallest absolute Gasteiger partial charge is 0.0414 e. The average Bonchev–Trinajstić information content (AvgIpc) is 2.22. The molecule has 2 atom stereocenters. The van der Waals surface area contributed by atoms with E-state index in [9.17, 15) is 0 Å². The van der Waals surface area contributed by atoms with Gasteiger partial charge < -0.3 is 0 Å². The third-order valence-electron chi connectivity index (χ3n) is 3.51. The molecule has 0 heteroatoms. The van der Waals surface area contributed by atoms with Crippen LogP contribution in [0.2, 0.25) is 0 Å². The number of rotatable bonds is 10. The van der Waals surface area contributed by atoms with Crippen molar-refractivity contribution in [3.63, 3.8) is 0 Å². The predicted octanol–water partition coefficient (Wildman–Crippen LogP) is 5.81. The van der Waals surface area contributed by atoms with Gasteiger partial charge in [0.2, 0.25) is 0 Å². The van der Waals surface area contributed by atoms with Crippen molar-refractivity contribution < 1.29 is 0 Å². The zero-order chi connectivity index (χ0) is 11.5. The van der Waals surface area contributed by atoms with Gasteiger partial charge in [0.05, 0.1) is 0 Å². The molecule has 0 rings (SSSR count). The second-order valence-electron chi connectivity index (χ2n) is 5.27. The SMILES string of the molecule is CCCCC(CCC)CCC(C)CCC. The zero-order valence-corrected chi connectivity index (χ0v) is 11.5. The summed E-state index contributed by atoms with van der Waals surface area (Å²) in [6.07, 6.45) is 12.8. The Bertz CT molecular complexity index is 117. The largest absolute Gasteiger partial charge is 0.0654 e. The number of hydrogen-bond donors (Lipinski definition) is 0. The monoisotopic (exact) mass is 212 g/mol. The molecule has 0 heterocycles. The van der Waals surface area contributed by atoms with Crippen molar-refractivity contribution >= 4 is 0 Å². The first kappa shape index (κ1) is 15.0. The highest BCUT2D eigenvalue weighted by molar-refractivity contribution is 4.62. The van der Waals surface area contributed by atoms with Crippen LogP contribution in [0.1, 0.15) is 85.5 Å². The molecule has 0 bridgehead atoms. The van der Waals surface area contributed by atoms with Gasteiger partial charge in [-0.25, -0.2) is 0 Å². The highest BCUT2D eigenvalue weighted by Gasteiger charge is 2.09. The van der Waals surface area contributed by atoms with Crippen molar-refractivity contribution in [3.8, 4) is 0 Å². The van der Waals surface area contributed by atoms with Crippen LogP contribution in [0.5, 0.6) is 0 Å². The molecular formula is C15H32. The maximum Gasteiger partial charge on any atom is -0.0414 e. The summed E-state index contributed by atoms with van der Waals surface area (Å²) < 4.78 is 0. The minimum Gasteiger partial charge on any atom is -0.0654 e. The molecule has 0 aliphatic carbocycles. The molecular weight excluding hydrogens is 180 g/mol. The van der Waals surface area contributed by atoms with Crippen LogP contribution in [0.15, 0.2) is 0 Å². The maximum absolute atomic E-state index is 2.42. The van der Waals surface area contributed by atoms with Crippen LogP contribution >= 0.6 is 0 Å². The minimum atomic E-state index is 0.955. The van der Waals surface area contributed by atoms with E-state index in [0.717, 1.165) is 11.8 Å². The summed E-state index contributed by atoms with van der Waals surface area (Å²) in [5.74, 6) is 1.98. The first-order valence-corrected chi connectivity index (χ1v) is 7.24. The van der Waals surface area contributed by atoms with E-state index in [2.05, 4.69) is 27.7 Å². The van der Waals surface area contributed by atoms with E-state index >= 15 is 0 Å². The van der Waals surface area contributed by atoms with Crippen molar-refractivity contribution in [2.45, 2.75) is 85.5 Å². The lowest BCUT2D eigenvalue weighted by molar-refractivity contribution is 0.349. The summed E-state index contributed by atoms with van der Waals surface area (Å²) in [5, 5.41) is 0. The highest BCUT2D eigenvalue weighted by Crippen LogP contribution is 2.24. The second-order valence-corrected chi connectivity index (χ2v) is 5.27. The summed E-state index contributed by atoms with van der Waals surface area (Å²) in [6.45, 7) is 9.36. The van der Waals surface area contributed by atoms with E-state index in [1.807, 2.05) is 0 Å². The third kappa shape index (κ3) is 8.96. The maximum atomic E-state index is 2.42. The van der Waals surface area contributed by atoms with Crippen molar-refractivity contribution in [1.29, 1.82) is 0 Å². The summed E-state index contributed by atoms with van der Waals surface area (Å²) in [6, 6.07) is 0. The van der Waals surface area contributed by atoms with Crippen molar-refractivity contribution in [2.75, 3.05) is 0 Å². The van der Waals surface area contributed by atoms with E-state index in [4.69, 9.17) is 0 Å². The Morgan fingerprint density at radius 3 is 1.87 bits per heavy atom. The van der Waals surface area contributed by atoms with Gasteiger partial charge in [-0.3, -0.25) is 0 Å². The van der Waals surface area contributed by atoms with E-state index in [-0.39, 0.29) is 0 Å². The van der Waals surface area contributed by atoms with Gasteiger partial charge in [-0.05, 0) is 11.8 Å².